The zero-order valence-corrected chi connectivity index (χ0v) is 12.1. The number of carbonyl (C=O) groups is 2. The lowest BCUT2D eigenvalue weighted by Gasteiger charge is -2.17. The van der Waals surface area contributed by atoms with Gasteiger partial charge < -0.3 is 15.7 Å². The van der Waals surface area contributed by atoms with Crippen LogP contribution in [0.3, 0.4) is 0 Å². The molecule has 0 aliphatic heterocycles. The van der Waals surface area contributed by atoms with Crippen LogP contribution in [0.4, 0.5) is 4.79 Å². The Morgan fingerprint density at radius 3 is 2.50 bits per heavy atom. The molecule has 0 aliphatic carbocycles. The summed E-state index contributed by atoms with van der Waals surface area (Å²) in [6.45, 7) is 6.19. The van der Waals surface area contributed by atoms with E-state index in [0.29, 0.717) is 6.54 Å². The van der Waals surface area contributed by atoms with Gasteiger partial charge >= 0.3 is 12.0 Å². The molecule has 1 unspecified atom stereocenters. The molecule has 0 saturated heterocycles. The van der Waals surface area contributed by atoms with Crippen LogP contribution in [0.15, 0.2) is 24.3 Å². The maximum Gasteiger partial charge on any atom is 0.315 e. The molecule has 0 fully saturated rings. The van der Waals surface area contributed by atoms with Crippen molar-refractivity contribution in [1.29, 1.82) is 0 Å². The number of aliphatic carboxylic acids is 1. The highest BCUT2D eigenvalue weighted by molar-refractivity contribution is 5.75. The fraction of sp³-hybridized carbons (Fsp3) is 0.467. The third-order valence-corrected chi connectivity index (χ3v) is 3.14. The summed E-state index contributed by atoms with van der Waals surface area (Å²) in [7, 11) is 0. The van der Waals surface area contributed by atoms with Crippen LogP contribution < -0.4 is 10.6 Å². The smallest absolute Gasteiger partial charge is 0.315 e. The van der Waals surface area contributed by atoms with E-state index in [9.17, 15) is 9.59 Å². The van der Waals surface area contributed by atoms with Crippen molar-refractivity contribution in [1.82, 2.24) is 10.6 Å². The normalized spacial score (nSPS) is 12.0. The van der Waals surface area contributed by atoms with Gasteiger partial charge in [0.05, 0.1) is 5.92 Å². The van der Waals surface area contributed by atoms with Crippen molar-refractivity contribution in [3.8, 4) is 0 Å². The molecule has 0 spiro atoms. The molecule has 20 heavy (non-hydrogen) atoms. The van der Waals surface area contributed by atoms with Gasteiger partial charge in [0.2, 0.25) is 0 Å². The Balaban J connectivity index is 2.39. The highest BCUT2D eigenvalue weighted by atomic mass is 16.4. The lowest BCUT2D eigenvalue weighted by molar-refractivity contribution is -0.142. The number of hydrogen-bond donors (Lipinski definition) is 3. The van der Waals surface area contributed by atoms with E-state index in [-0.39, 0.29) is 18.5 Å². The Kier molecular flexibility index (Phi) is 6.03. The van der Waals surface area contributed by atoms with E-state index < -0.39 is 11.9 Å². The van der Waals surface area contributed by atoms with Crippen molar-refractivity contribution >= 4 is 12.0 Å². The molecule has 0 radical (unpaired) electrons. The molecule has 5 heteroatoms. The number of hydrogen-bond acceptors (Lipinski definition) is 2. The van der Waals surface area contributed by atoms with Gasteiger partial charge in [-0.05, 0) is 18.4 Å². The number of carboxylic acid groups (broad SMARTS) is 1. The maximum atomic E-state index is 11.6. The van der Waals surface area contributed by atoms with Crippen LogP contribution in [0.1, 0.15) is 25.0 Å². The van der Waals surface area contributed by atoms with E-state index in [0.717, 1.165) is 11.1 Å². The standard InChI is InChI=1S/C15H22N2O3/c1-10(2)13(14(18)19)9-17-15(20)16-8-12-6-4-5-11(3)7-12/h4-7,10,13H,8-9H2,1-3H3,(H,18,19)(H2,16,17,20). The van der Waals surface area contributed by atoms with Gasteiger partial charge in [-0.15, -0.1) is 0 Å². The van der Waals surface area contributed by atoms with Crippen molar-refractivity contribution in [3.63, 3.8) is 0 Å². The quantitative estimate of drug-likeness (QED) is 0.746. The highest BCUT2D eigenvalue weighted by Crippen LogP contribution is 2.09. The number of nitrogens with one attached hydrogen (secondary N) is 2. The first-order valence-corrected chi connectivity index (χ1v) is 6.70. The van der Waals surface area contributed by atoms with Gasteiger partial charge in [-0.3, -0.25) is 4.79 Å². The molecule has 0 saturated carbocycles. The van der Waals surface area contributed by atoms with Crippen LogP contribution in [-0.2, 0) is 11.3 Å². The predicted molar refractivity (Wildman–Crippen MR) is 77.4 cm³/mol. The summed E-state index contributed by atoms with van der Waals surface area (Å²) in [4.78, 5) is 22.6. The third-order valence-electron chi connectivity index (χ3n) is 3.14. The van der Waals surface area contributed by atoms with Crippen LogP contribution in [0.25, 0.3) is 0 Å². The van der Waals surface area contributed by atoms with Gasteiger partial charge in [-0.2, -0.15) is 0 Å². The second kappa shape index (κ2) is 7.53. The fourth-order valence-corrected chi connectivity index (χ4v) is 1.88. The van der Waals surface area contributed by atoms with Gasteiger partial charge in [0, 0.05) is 13.1 Å². The van der Waals surface area contributed by atoms with Crippen molar-refractivity contribution in [2.24, 2.45) is 11.8 Å². The molecule has 0 aromatic heterocycles. The molecule has 1 atom stereocenters. The summed E-state index contributed by atoms with van der Waals surface area (Å²) < 4.78 is 0. The largest absolute Gasteiger partial charge is 0.481 e. The third kappa shape index (κ3) is 5.30. The Morgan fingerprint density at radius 2 is 1.95 bits per heavy atom. The van der Waals surface area contributed by atoms with E-state index in [2.05, 4.69) is 10.6 Å². The topological polar surface area (TPSA) is 78.4 Å². The van der Waals surface area contributed by atoms with E-state index in [1.165, 1.54) is 0 Å². The van der Waals surface area contributed by atoms with E-state index in [4.69, 9.17) is 5.11 Å². The summed E-state index contributed by atoms with van der Waals surface area (Å²) in [5.41, 5.74) is 2.15. The number of rotatable bonds is 6. The van der Waals surface area contributed by atoms with Crippen LogP contribution in [0.5, 0.6) is 0 Å². The molecule has 2 amide bonds. The molecular formula is C15H22N2O3. The van der Waals surface area contributed by atoms with Gasteiger partial charge in [-0.25, -0.2) is 4.79 Å². The molecule has 0 aliphatic rings. The van der Waals surface area contributed by atoms with Crippen molar-refractivity contribution in [2.45, 2.75) is 27.3 Å². The Hall–Kier alpha value is -2.04. The average molecular weight is 278 g/mol. The first kappa shape index (κ1) is 16.0. The monoisotopic (exact) mass is 278 g/mol. The summed E-state index contributed by atoms with van der Waals surface area (Å²) >= 11 is 0. The minimum atomic E-state index is -0.890. The molecule has 3 N–H and O–H groups in total. The Bertz CT molecular complexity index is 472. The van der Waals surface area contributed by atoms with Crippen LogP contribution in [-0.4, -0.2) is 23.7 Å². The molecule has 110 valence electrons. The Labute approximate surface area is 119 Å². The zero-order chi connectivity index (χ0) is 15.1. The first-order valence-electron chi connectivity index (χ1n) is 6.70. The number of carboxylic acids is 1. The van der Waals surface area contributed by atoms with Gasteiger partial charge in [0.15, 0.2) is 0 Å². The Morgan fingerprint density at radius 1 is 1.25 bits per heavy atom. The second-order valence-corrected chi connectivity index (χ2v) is 5.24. The minimum absolute atomic E-state index is 0.0235. The minimum Gasteiger partial charge on any atom is -0.481 e. The summed E-state index contributed by atoms with van der Waals surface area (Å²) in [5.74, 6) is -1.48. The first-order chi connectivity index (χ1) is 9.40. The number of carbonyl (C=O) groups excluding carboxylic acids is 1. The maximum absolute atomic E-state index is 11.6. The van der Waals surface area contributed by atoms with Crippen molar-refractivity contribution < 1.29 is 14.7 Å². The number of urea groups is 1. The van der Waals surface area contributed by atoms with E-state index in [1.54, 1.807) is 0 Å². The molecule has 1 rings (SSSR count). The lowest BCUT2D eigenvalue weighted by Crippen LogP contribution is -2.41. The summed E-state index contributed by atoms with van der Waals surface area (Å²) in [6, 6.07) is 7.50. The second-order valence-electron chi connectivity index (χ2n) is 5.24. The molecule has 1 aromatic rings. The number of benzene rings is 1. The van der Waals surface area contributed by atoms with E-state index >= 15 is 0 Å². The number of aryl methyl sites for hydroxylation is 1. The molecule has 1 aromatic carbocycles. The molecular weight excluding hydrogens is 256 g/mol. The van der Waals surface area contributed by atoms with Gasteiger partial charge in [0.1, 0.15) is 0 Å². The highest BCUT2D eigenvalue weighted by Gasteiger charge is 2.21. The SMILES string of the molecule is Cc1cccc(CNC(=O)NCC(C(=O)O)C(C)C)c1. The van der Waals surface area contributed by atoms with Crippen molar-refractivity contribution in [3.05, 3.63) is 35.4 Å². The summed E-state index contributed by atoms with van der Waals surface area (Å²) in [5, 5.41) is 14.3. The molecule has 5 nitrogen and oxygen atoms in total. The van der Waals surface area contributed by atoms with E-state index in [1.807, 2.05) is 45.0 Å². The van der Waals surface area contributed by atoms with Crippen LogP contribution in [0.2, 0.25) is 0 Å². The summed E-state index contributed by atoms with van der Waals surface area (Å²) in [6.07, 6.45) is 0. The number of amides is 2. The fourth-order valence-electron chi connectivity index (χ4n) is 1.88. The predicted octanol–water partition coefficient (Wildman–Crippen LogP) is 2.15. The zero-order valence-electron chi connectivity index (χ0n) is 12.1. The molecule has 0 bridgehead atoms. The van der Waals surface area contributed by atoms with Crippen molar-refractivity contribution in [2.75, 3.05) is 6.54 Å². The van der Waals surface area contributed by atoms with Gasteiger partial charge in [0.25, 0.3) is 0 Å². The van der Waals surface area contributed by atoms with Crippen LogP contribution in [0, 0.1) is 18.8 Å². The average Bonchev–Trinajstić information content (AvgIpc) is 2.35. The van der Waals surface area contributed by atoms with Crippen LogP contribution >= 0.6 is 0 Å². The van der Waals surface area contributed by atoms with Gasteiger partial charge in [-0.1, -0.05) is 43.7 Å². The lowest BCUT2D eigenvalue weighted by atomic mass is 9.96. The molecule has 0 heterocycles.